The van der Waals surface area contributed by atoms with Crippen molar-refractivity contribution in [3.8, 4) is 0 Å². The fraction of sp³-hybridized carbons (Fsp3) is 0.300. The first-order valence-electron chi connectivity index (χ1n) is 4.13. The van der Waals surface area contributed by atoms with E-state index in [0.717, 1.165) is 5.57 Å². The molecule has 0 aliphatic heterocycles. The Morgan fingerprint density at radius 2 is 2.00 bits per heavy atom. The first-order chi connectivity index (χ1) is 6.20. The van der Waals surface area contributed by atoms with Crippen molar-refractivity contribution < 1.29 is 4.79 Å². The highest BCUT2D eigenvalue weighted by atomic mass is 16.1. The van der Waals surface area contributed by atoms with Gasteiger partial charge in [-0.05, 0) is 19.9 Å². The summed E-state index contributed by atoms with van der Waals surface area (Å²) in [4.78, 5) is 19.1. The number of rotatable bonds is 3. The molecular formula is C10H12N2O. The maximum absolute atomic E-state index is 11.4. The number of aromatic nitrogens is 2. The van der Waals surface area contributed by atoms with Gasteiger partial charge in [0.1, 0.15) is 0 Å². The van der Waals surface area contributed by atoms with E-state index in [1.54, 1.807) is 18.5 Å². The van der Waals surface area contributed by atoms with Crippen molar-refractivity contribution in [2.75, 3.05) is 0 Å². The Labute approximate surface area is 77.5 Å². The molecule has 0 aliphatic rings. The molecule has 0 saturated heterocycles. The highest BCUT2D eigenvalue weighted by molar-refractivity contribution is 5.93. The van der Waals surface area contributed by atoms with Crippen LogP contribution in [0.3, 0.4) is 0 Å². The van der Waals surface area contributed by atoms with E-state index in [-0.39, 0.29) is 5.78 Å². The number of hydrogen-bond donors (Lipinski definition) is 0. The van der Waals surface area contributed by atoms with Crippen LogP contribution in [-0.4, -0.2) is 15.8 Å². The van der Waals surface area contributed by atoms with Gasteiger partial charge in [0.15, 0.2) is 5.82 Å². The highest BCUT2D eigenvalue weighted by Gasteiger charge is 2.04. The molecule has 3 nitrogen and oxygen atoms in total. The third-order valence-electron chi connectivity index (χ3n) is 1.51. The van der Waals surface area contributed by atoms with Crippen molar-refractivity contribution >= 4 is 5.78 Å². The summed E-state index contributed by atoms with van der Waals surface area (Å²) in [6.45, 7) is 3.91. The average Bonchev–Trinajstić information content (AvgIpc) is 2.15. The Morgan fingerprint density at radius 3 is 2.54 bits per heavy atom. The standard InChI is InChI=1S/C10H12N2O/c1-8(2)4-5-9(13)10-11-6-3-7-12-10/h3-4,6-7H,5H2,1-2H3. The van der Waals surface area contributed by atoms with E-state index in [1.165, 1.54) is 0 Å². The molecule has 1 heterocycles. The second-order valence-electron chi connectivity index (χ2n) is 2.98. The fourth-order valence-electron chi connectivity index (χ4n) is 0.831. The van der Waals surface area contributed by atoms with Crippen LogP contribution < -0.4 is 0 Å². The zero-order chi connectivity index (χ0) is 9.68. The zero-order valence-corrected chi connectivity index (χ0v) is 7.82. The minimum Gasteiger partial charge on any atom is -0.290 e. The Bertz CT molecular complexity index is 313. The summed E-state index contributed by atoms with van der Waals surface area (Å²) in [5, 5.41) is 0. The molecule has 1 aromatic heterocycles. The van der Waals surface area contributed by atoms with Gasteiger partial charge >= 0.3 is 0 Å². The summed E-state index contributed by atoms with van der Waals surface area (Å²) in [7, 11) is 0. The molecule has 0 amide bonds. The minimum absolute atomic E-state index is 0.0400. The highest BCUT2D eigenvalue weighted by Crippen LogP contribution is 1.99. The Balaban J connectivity index is 2.65. The zero-order valence-electron chi connectivity index (χ0n) is 7.82. The molecule has 0 aromatic carbocycles. The van der Waals surface area contributed by atoms with E-state index in [9.17, 15) is 4.79 Å². The fourth-order valence-corrected chi connectivity index (χ4v) is 0.831. The van der Waals surface area contributed by atoms with Crippen LogP contribution in [0.2, 0.25) is 0 Å². The average molecular weight is 176 g/mol. The molecule has 3 heteroatoms. The van der Waals surface area contributed by atoms with E-state index < -0.39 is 0 Å². The molecule has 0 saturated carbocycles. The van der Waals surface area contributed by atoms with Crippen molar-refractivity contribution in [1.82, 2.24) is 9.97 Å². The lowest BCUT2D eigenvalue weighted by atomic mass is 10.2. The lowest BCUT2D eigenvalue weighted by molar-refractivity contribution is 0.0985. The quantitative estimate of drug-likeness (QED) is 0.522. The van der Waals surface area contributed by atoms with Crippen molar-refractivity contribution in [1.29, 1.82) is 0 Å². The third-order valence-corrected chi connectivity index (χ3v) is 1.51. The van der Waals surface area contributed by atoms with Crippen LogP contribution in [0.1, 0.15) is 30.9 Å². The molecule has 0 radical (unpaired) electrons. The van der Waals surface area contributed by atoms with Crippen molar-refractivity contribution in [2.45, 2.75) is 20.3 Å². The van der Waals surface area contributed by atoms with Gasteiger partial charge in [-0.2, -0.15) is 0 Å². The molecule has 0 bridgehead atoms. The molecule has 0 unspecified atom stereocenters. The first-order valence-corrected chi connectivity index (χ1v) is 4.13. The number of nitrogens with zero attached hydrogens (tertiary/aromatic N) is 2. The largest absolute Gasteiger partial charge is 0.290 e. The van der Waals surface area contributed by atoms with E-state index in [0.29, 0.717) is 12.2 Å². The summed E-state index contributed by atoms with van der Waals surface area (Å²) in [5.74, 6) is 0.252. The van der Waals surface area contributed by atoms with Crippen molar-refractivity contribution in [2.24, 2.45) is 0 Å². The Hall–Kier alpha value is -1.51. The number of Topliss-reactive ketones (excluding diaryl/α,β-unsaturated/α-hetero) is 1. The second-order valence-corrected chi connectivity index (χ2v) is 2.98. The maximum Gasteiger partial charge on any atom is 0.203 e. The number of carbonyl (C=O) groups is 1. The van der Waals surface area contributed by atoms with Gasteiger partial charge < -0.3 is 0 Å². The van der Waals surface area contributed by atoms with Gasteiger partial charge in [-0.25, -0.2) is 9.97 Å². The maximum atomic E-state index is 11.4. The predicted octanol–water partition coefficient (Wildman–Crippen LogP) is 2.02. The monoisotopic (exact) mass is 176 g/mol. The third kappa shape index (κ3) is 3.15. The molecule has 0 fully saturated rings. The summed E-state index contributed by atoms with van der Waals surface area (Å²) < 4.78 is 0. The topological polar surface area (TPSA) is 42.9 Å². The molecule has 0 spiro atoms. The summed E-state index contributed by atoms with van der Waals surface area (Å²) in [6.07, 6.45) is 5.40. The number of carbonyl (C=O) groups excluding carboxylic acids is 1. The summed E-state index contributed by atoms with van der Waals surface area (Å²) in [5.41, 5.74) is 1.13. The molecule has 1 aromatic rings. The summed E-state index contributed by atoms with van der Waals surface area (Å²) >= 11 is 0. The van der Waals surface area contributed by atoms with E-state index in [1.807, 2.05) is 19.9 Å². The van der Waals surface area contributed by atoms with Crippen LogP contribution in [-0.2, 0) is 0 Å². The SMILES string of the molecule is CC(C)=CCC(=O)c1ncccn1. The van der Waals surface area contributed by atoms with Gasteiger partial charge in [-0.3, -0.25) is 4.79 Å². The Kier molecular flexibility index (Phi) is 3.31. The van der Waals surface area contributed by atoms with Crippen molar-refractivity contribution in [3.63, 3.8) is 0 Å². The van der Waals surface area contributed by atoms with Gasteiger partial charge in [-0.1, -0.05) is 11.6 Å². The summed E-state index contributed by atoms with van der Waals surface area (Å²) in [6, 6.07) is 1.69. The molecule has 0 N–H and O–H groups in total. The van der Waals surface area contributed by atoms with Crippen LogP contribution in [0, 0.1) is 0 Å². The van der Waals surface area contributed by atoms with Gasteiger partial charge in [0, 0.05) is 18.8 Å². The normalized spacial score (nSPS) is 9.38. The molecular weight excluding hydrogens is 164 g/mol. The Morgan fingerprint density at radius 1 is 1.38 bits per heavy atom. The van der Waals surface area contributed by atoms with Gasteiger partial charge in [0.05, 0.1) is 0 Å². The van der Waals surface area contributed by atoms with Crippen LogP contribution in [0.4, 0.5) is 0 Å². The number of ketones is 1. The van der Waals surface area contributed by atoms with E-state index >= 15 is 0 Å². The molecule has 0 aliphatic carbocycles. The van der Waals surface area contributed by atoms with Crippen LogP contribution in [0.15, 0.2) is 30.1 Å². The molecule has 68 valence electrons. The first kappa shape index (κ1) is 9.58. The lowest BCUT2D eigenvalue weighted by Gasteiger charge is -1.94. The van der Waals surface area contributed by atoms with Crippen LogP contribution in [0.5, 0.6) is 0 Å². The smallest absolute Gasteiger partial charge is 0.203 e. The minimum atomic E-state index is -0.0400. The van der Waals surface area contributed by atoms with Crippen molar-refractivity contribution in [3.05, 3.63) is 35.9 Å². The second kappa shape index (κ2) is 4.50. The lowest BCUT2D eigenvalue weighted by Crippen LogP contribution is -2.03. The van der Waals surface area contributed by atoms with E-state index in [4.69, 9.17) is 0 Å². The van der Waals surface area contributed by atoms with Gasteiger partial charge in [-0.15, -0.1) is 0 Å². The van der Waals surface area contributed by atoms with Gasteiger partial charge in [0.2, 0.25) is 5.78 Å². The number of allylic oxidation sites excluding steroid dienone is 2. The molecule has 13 heavy (non-hydrogen) atoms. The molecule has 1 rings (SSSR count). The predicted molar refractivity (Wildman–Crippen MR) is 50.4 cm³/mol. The van der Waals surface area contributed by atoms with Crippen LogP contribution in [0.25, 0.3) is 0 Å². The van der Waals surface area contributed by atoms with Crippen LogP contribution >= 0.6 is 0 Å². The van der Waals surface area contributed by atoms with E-state index in [2.05, 4.69) is 9.97 Å². The van der Waals surface area contributed by atoms with Gasteiger partial charge in [0.25, 0.3) is 0 Å². The number of hydrogen-bond acceptors (Lipinski definition) is 3. The molecule has 0 atom stereocenters.